The zero-order chi connectivity index (χ0) is 19.3. The Hall–Kier alpha value is -2.55. The predicted octanol–water partition coefficient (Wildman–Crippen LogP) is 5.51. The van der Waals surface area contributed by atoms with E-state index in [0.29, 0.717) is 11.3 Å². The molecule has 3 heteroatoms. The van der Waals surface area contributed by atoms with Crippen LogP contribution < -0.4 is 0 Å². The lowest BCUT2D eigenvalue weighted by Crippen LogP contribution is -2.33. The normalized spacial score (nSPS) is 17.4. The van der Waals surface area contributed by atoms with E-state index in [1.165, 1.54) is 5.56 Å². The van der Waals surface area contributed by atoms with E-state index >= 15 is 0 Å². The molecule has 0 radical (unpaired) electrons. The van der Waals surface area contributed by atoms with Crippen LogP contribution >= 0.6 is 0 Å². The molecule has 1 aliphatic rings. The van der Waals surface area contributed by atoms with Gasteiger partial charge >= 0.3 is 5.97 Å². The molecule has 0 saturated heterocycles. The Morgan fingerprint density at radius 3 is 2.35 bits per heavy atom. The van der Waals surface area contributed by atoms with E-state index in [1.807, 2.05) is 12.1 Å². The lowest BCUT2D eigenvalue weighted by Gasteiger charge is -2.42. The maximum absolute atomic E-state index is 11.2. The van der Waals surface area contributed by atoms with Gasteiger partial charge in [0.25, 0.3) is 0 Å². The van der Waals surface area contributed by atoms with E-state index in [9.17, 15) is 15.0 Å². The van der Waals surface area contributed by atoms with Crippen molar-refractivity contribution in [1.29, 1.82) is 0 Å². The number of fused-ring (bicyclic) bond motifs is 1. The molecule has 2 aromatic carbocycles. The molecule has 3 rings (SSSR count). The fourth-order valence-electron chi connectivity index (χ4n) is 3.96. The highest BCUT2D eigenvalue weighted by molar-refractivity contribution is 6.14. The van der Waals surface area contributed by atoms with Crippen molar-refractivity contribution in [2.45, 2.75) is 51.4 Å². The van der Waals surface area contributed by atoms with Gasteiger partial charge < -0.3 is 10.2 Å². The third-order valence-electron chi connectivity index (χ3n) is 5.74. The summed E-state index contributed by atoms with van der Waals surface area (Å²) in [5, 5.41) is 20.3. The number of phenolic OH excluding ortho intramolecular Hbond substituents is 1. The highest BCUT2D eigenvalue weighted by Gasteiger charge is 2.39. The molecule has 3 nitrogen and oxygen atoms in total. The molecule has 0 aromatic heterocycles. The second kappa shape index (κ2) is 6.01. The number of carboxylic acid groups (broad SMARTS) is 1. The number of hydrogen-bond acceptors (Lipinski definition) is 2. The molecule has 0 fully saturated rings. The van der Waals surface area contributed by atoms with Gasteiger partial charge in [0.1, 0.15) is 5.75 Å². The summed E-state index contributed by atoms with van der Waals surface area (Å²) in [6.45, 7) is 12.4. The van der Waals surface area contributed by atoms with E-state index < -0.39 is 5.97 Å². The number of carbonyl (C=O) groups is 1. The minimum atomic E-state index is -1.04. The second-order valence-electron chi connectivity index (χ2n) is 8.52. The third kappa shape index (κ3) is 2.92. The van der Waals surface area contributed by atoms with Crippen molar-refractivity contribution in [2.75, 3.05) is 0 Å². The fourth-order valence-corrected chi connectivity index (χ4v) is 3.96. The Morgan fingerprint density at radius 1 is 1.04 bits per heavy atom. The molecule has 0 amide bonds. The summed E-state index contributed by atoms with van der Waals surface area (Å²) < 4.78 is 0. The Labute approximate surface area is 155 Å². The number of benzene rings is 2. The number of phenols is 1. The average Bonchev–Trinajstić information content (AvgIpc) is 2.58. The number of rotatable bonds is 3. The predicted molar refractivity (Wildman–Crippen MR) is 105 cm³/mol. The zero-order valence-corrected chi connectivity index (χ0v) is 15.9. The van der Waals surface area contributed by atoms with Gasteiger partial charge in [0, 0.05) is 11.1 Å². The molecule has 136 valence electrons. The Bertz CT molecular complexity index is 904. The smallest absolute Gasteiger partial charge is 0.335 e. The Kier molecular flexibility index (Phi) is 4.22. The van der Waals surface area contributed by atoms with Crippen LogP contribution in [-0.2, 0) is 15.6 Å². The molecule has 26 heavy (non-hydrogen) atoms. The Balaban J connectivity index is 2.19. The Morgan fingerprint density at radius 2 is 1.69 bits per heavy atom. The van der Waals surface area contributed by atoms with E-state index in [2.05, 4.69) is 40.3 Å². The number of hydrogen-bond donors (Lipinski definition) is 2. The van der Waals surface area contributed by atoms with Crippen LogP contribution in [0.5, 0.6) is 5.75 Å². The first-order valence-corrected chi connectivity index (χ1v) is 8.94. The molecule has 0 unspecified atom stereocenters. The van der Waals surface area contributed by atoms with Gasteiger partial charge in [-0.2, -0.15) is 0 Å². The molecular weight excluding hydrogens is 324 g/mol. The highest BCUT2D eigenvalue weighted by Crippen LogP contribution is 2.51. The summed E-state index contributed by atoms with van der Waals surface area (Å²) in [6.07, 6.45) is 2.10. The summed E-state index contributed by atoms with van der Waals surface area (Å²) in [7, 11) is 0. The minimum Gasteiger partial charge on any atom is -0.507 e. The van der Waals surface area contributed by atoms with E-state index in [0.717, 1.165) is 29.5 Å². The first kappa shape index (κ1) is 18.2. The van der Waals surface area contributed by atoms with Gasteiger partial charge in [0.15, 0.2) is 0 Å². The van der Waals surface area contributed by atoms with Crippen molar-refractivity contribution in [3.8, 4) is 16.9 Å². The van der Waals surface area contributed by atoms with Crippen LogP contribution in [0.15, 0.2) is 43.0 Å². The van der Waals surface area contributed by atoms with Gasteiger partial charge in [-0.05, 0) is 46.4 Å². The molecule has 1 aliphatic carbocycles. The highest BCUT2D eigenvalue weighted by atomic mass is 16.4. The van der Waals surface area contributed by atoms with Gasteiger partial charge in [-0.25, -0.2) is 4.79 Å². The van der Waals surface area contributed by atoms with Gasteiger partial charge in [-0.15, -0.1) is 0 Å². The van der Waals surface area contributed by atoms with Crippen molar-refractivity contribution in [3.63, 3.8) is 0 Å². The first-order chi connectivity index (χ1) is 12.0. The van der Waals surface area contributed by atoms with Gasteiger partial charge in [0.2, 0.25) is 0 Å². The SMILES string of the molecule is C=C(C(=O)O)c1cccc(-c2ccc3c(c2O)C(C)(C)CCC3(C)C)c1. The lowest BCUT2D eigenvalue weighted by molar-refractivity contribution is -0.130. The van der Waals surface area contributed by atoms with Crippen molar-refractivity contribution >= 4 is 11.5 Å². The quantitative estimate of drug-likeness (QED) is 0.718. The van der Waals surface area contributed by atoms with Crippen LogP contribution in [0.4, 0.5) is 0 Å². The van der Waals surface area contributed by atoms with Crippen LogP contribution in [0.25, 0.3) is 16.7 Å². The molecule has 2 N–H and O–H groups in total. The minimum absolute atomic E-state index is 0.0281. The molecule has 2 aromatic rings. The van der Waals surface area contributed by atoms with E-state index in [-0.39, 0.29) is 16.4 Å². The molecule has 0 heterocycles. The van der Waals surface area contributed by atoms with Crippen LogP contribution in [0.2, 0.25) is 0 Å². The third-order valence-corrected chi connectivity index (χ3v) is 5.74. The number of aromatic hydroxyl groups is 1. The second-order valence-corrected chi connectivity index (χ2v) is 8.52. The van der Waals surface area contributed by atoms with Crippen LogP contribution in [0, 0.1) is 0 Å². The summed E-state index contributed by atoms with van der Waals surface area (Å²) in [5.41, 5.74) is 4.25. The topological polar surface area (TPSA) is 57.5 Å². The largest absolute Gasteiger partial charge is 0.507 e. The molecule has 0 saturated carbocycles. The standard InChI is InChI=1S/C23H26O3/c1-14(21(25)26)15-7-6-8-16(13-15)17-9-10-18-19(20(17)24)23(4,5)12-11-22(18,2)3/h6-10,13,24H,1,11-12H2,2-5H3,(H,25,26). The maximum Gasteiger partial charge on any atom is 0.335 e. The van der Waals surface area contributed by atoms with E-state index in [1.54, 1.807) is 18.2 Å². The average molecular weight is 350 g/mol. The molecule has 0 atom stereocenters. The molecule has 0 aliphatic heterocycles. The van der Waals surface area contributed by atoms with Crippen LogP contribution in [-0.4, -0.2) is 16.2 Å². The lowest BCUT2D eigenvalue weighted by atomic mass is 9.62. The molecular formula is C23H26O3. The van der Waals surface area contributed by atoms with Crippen molar-refractivity contribution in [3.05, 3.63) is 59.7 Å². The maximum atomic E-state index is 11.2. The number of aliphatic carboxylic acids is 1. The monoisotopic (exact) mass is 350 g/mol. The molecule has 0 spiro atoms. The van der Waals surface area contributed by atoms with E-state index in [4.69, 9.17) is 0 Å². The summed E-state index contributed by atoms with van der Waals surface area (Å²) in [6, 6.07) is 11.2. The summed E-state index contributed by atoms with van der Waals surface area (Å²) in [5.74, 6) is -0.738. The van der Waals surface area contributed by atoms with Crippen molar-refractivity contribution in [2.24, 2.45) is 0 Å². The first-order valence-electron chi connectivity index (χ1n) is 8.94. The van der Waals surface area contributed by atoms with Gasteiger partial charge in [0.05, 0.1) is 5.57 Å². The van der Waals surface area contributed by atoms with Crippen molar-refractivity contribution < 1.29 is 15.0 Å². The summed E-state index contributed by atoms with van der Waals surface area (Å²) >= 11 is 0. The zero-order valence-electron chi connectivity index (χ0n) is 15.9. The molecule has 0 bridgehead atoms. The fraction of sp³-hybridized carbons (Fsp3) is 0.348. The summed E-state index contributed by atoms with van der Waals surface area (Å²) in [4.78, 5) is 11.2. The number of carboxylic acids is 1. The van der Waals surface area contributed by atoms with Crippen LogP contribution in [0.3, 0.4) is 0 Å². The van der Waals surface area contributed by atoms with Crippen molar-refractivity contribution in [1.82, 2.24) is 0 Å². The van der Waals surface area contributed by atoms with Crippen LogP contribution in [0.1, 0.15) is 57.2 Å². The van der Waals surface area contributed by atoms with Gasteiger partial charge in [-0.1, -0.05) is 64.6 Å². The van der Waals surface area contributed by atoms with Gasteiger partial charge in [-0.3, -0.25) is 0 Å².